The number of hydrogen-bond acceptors (Lipinski definition) is 12. The Morgan fingerprint density at radius 3 is 1.84 bits per heavy atom. The lowest BCUT2D eigenvalue weighted by molar-refractivity contribution is -0.158. The topological polar surface area (TPSA) is 265 Å². The standard InChI is InChI=1S/C22H19ClN2O5.C21H18N4O4.H4N2.H2O/c1-28-22(27)16-9-14-13-4-2-3-5-15(13)24-20(14)21(25(16)19(26)10-23)12-6-7-17-18(8-12)30-11-29-17;22-24-9-18(26)25-15(21(24)27)8-13-12-3-1-2-4-14(12)23-19(13)20(25)11-5-6-16-17(7-11)29-10-28-16;1-2;/h2-8,16,21,24H,9-11H2,1H3;1-7,15,20,23H,8-10,22H2;1-2H2;1H2/t16-,21-;15-,20-;;/m11../s1. The molecule has 19 heteroatoms. The SMILES string of the molecule is COC(=O)[C@H]1Cc2c([nH]c3ccccc23)[C@@H](c2ccc3c(c2)OCO3)N1C(=O)CCl.NN.NN1CC(=O)N2[C@H](c3ccc4c(c3)OCO4)c3[nH]c4ccccc4c3C[C@@H]2C1=O.O. The number of benzene rings is 4. The molecule has 7 heterocycles. The molecule has 0 unspecified atom stereocenters. The molecule has 62 heavy (non-hydrogen) atoms. The Morgan fingerprint density at radius 2 is 1.27 bits per heavy atom. The van der Waals surface area contributed by atoms with Crippen molar-refractivity contribution >= 4 is 57.1 Å². The van der Waals surface area contributed by atoms with Crippen LogP contribution in [0.15, 0.2) is 84.9 Å². The Hall–Kier alpha value is -6.83. The zero-order chi connectivity index (χ0) is 42.5. The number of para-hydroxylation sites is 2. The molecule has 0 aliphatic carbocycles. The number of fused-ring (bicyclic) bond motifs is 9. The molecule has 4 aromatic carbocycles. The molecule has 6 aromatic rings. The zero-order valence-corrected chi connectivity index (χ0v) is 34.0. The second-order valence-corrected chi connectivity index (χ2v) is 15.1. The summed E-state index contributed by atoms with van der Waals surface area (Å²) in [4.78, 5) is 61.7. The summed E-state index contributed by atoms with van der Waals surface area (Å²) in [5.74, 6) is 14.9. The molecule has 1 saturated heterocycles. The van der Waals surface area contributed by atoms with Crippen molar-refractivity contribution in [3.8, 4) is 23.0 Å². The molecular weight excluding hydrogens is 824 g/mol. The Labute approximate surface area is 358 Å². The summed E-state index contributed by atoms with van der Waals surface area (Å²) in [6.07, 6.45) is 0.772. The number of hydrazine groups is 2. The maximum absolute atomic E-state index is 13.0. The van der Waals surface area contributed by atoms with Gasteiger partial charge in [0.1, 0.15) is 24.5 Å². The summed E-state index contributed by atoms with van der Waals surface area (Å²) in [7, 11) is 1.33. The van der Waals surface area contributed by atoms with Crippen molar-refractivity contribution < 1.29 is 48.3 Å². The molecule has 10 N–H and O–H groups in total. The number of nitrogens with one attached hydrogen (secondary N) is 2. The van der Waals surface area contributed by atoms with Crippen molar-refractivity contribution in [2.24, 2.45) is 17.5 Å². The van der Waals surface area contributed by atoms with Gasteiger partial charge < -0.3 is 48.9 Å². The van der Waals surface area contributed by atoms with Gasteiger partial charge in [-0.15, -0.1) is 11.6 Å². The Kier molecular flexibility index (Phi) is 11.4. The minimum absolute atomic E-state index is 0. The molecule has 5 aliphatic heterocycles. The van der Waals surface area contributed by atoms with Gasteiger partial charge in [0.15, 0.2) is 23.0 Å². The molecule has 0 spiro atoms. The zero-order valence-electron chi connectivity index (χ0n) is 33.3. The number of piperazine rings is 1. The highest BCUT2D eigenvalue weighted by atomic mass is 35.5. The average molecular weight is 867 g/mol. The van der Waals surface area contributed by atoms with Crippen LogP contribution >= 0.6 is 11.6 Å². The maximum Gasteiger partial charge on any atom is 0.328 e. The number of amides is 3. The first-order chi connectivity index (χ1) is 29.7. The molecule has 18 nitrogen and oxygen atoms in total. The second-order valence-electron chi connectivity index (χ2n) is 14.8. The fraction of sp³-hybridized carbons (Fsp3) is 0.256. The van der Waals surface area contributed by atoms with E-state index in [0.29, 0.717) is 35.8 Å². The third-order valence-electron chi connectivity index (χ3n) is 11.7. The number of esters is 1. The normalized spacial score (nSPS) is 20.2. The number of hydrogen-bond donors (Lipinski definition) is 5. The van der Waals surface area contributed by atoms with Crippen molar-refractivity contribution in [2.45, 2.75) is 37.0 Å². The molecule has 1 fully saturated rings. The number of alkyl halides is 1. The summed E-state index contributed by atoms with van der Waals surface area (Å²) in [5, 5.41) is 3.10. The van der Waals surface area contributed by atoms with Crippen molar-refractivity contribution in [2.75, 3.05) is 33.1 Å². The molecule has 0 saturated carbocycles. The first-order valence-corrected chi connectivity index (χ1v) is 19.9. The van der Waals surface area contributed by atoms with Gasteiger partial charge in [0, 0.05) is 46.0 Å². The largest absolute Gasteiger partial charge is 0.467 e. The molecule has 0 radical (unpaired) electrons. The number of H-pyrrole nitrogens is 2. The fourth-order valence-electron chi connectivity index (χ4n) is 9.13. The third kappa shape index (κ3) is 6.87. The lowest BCUT2D eigenvalue weighted by Crippen LogP contribution is -2.64. The molecule has 5 aliphatic rings. The number of nitrogens with two attached hydrogens (primary N) is 3. The van der Waals surface area contributed by atoms with Crippen molar-refractivity contribution in [1.82, 2.24) is 24.8 Å². The summed E-state index contributed by atoms with van der Waals surface area (Å²) in [5.41, 5.74) is 7.38. The number of carbonyl (C=O) groups excluding carboxylic acids is 4. The van der Waals surface area contributed by atoms with Gasteiger partial charge in [-0.2, -0.15) is 0 Å². The summed E-state index contributed by atoms with van der Waals surface area (Å²) in [6.45, 7) is 0.190. The number of halogens is 1. The number of aromatic nitrogens is 2. The smallest absolute Gasteiger partial charge is 0.328 e. The minimum atomic E-state index is -0.789. The van der Waals surface area contributed by atoms with Crippen LogP contribution < -0.4 is 36.5 Å². The van der Waals surface area contributed by atoms with Crippen LogP contribution in [-0.4, -0.2) is 99.1 Å². The van der Waals surface area contributed by atoms with E-state index in [-0.39, 0.29) is 49.2 Å². The first-order valence-electron chi connectivity index (χ1n) is 19.4. The van der Waals surface area contributed by atoms with Gasteiger partial charge in [-0.05, 0) is 58.7 Å². The monoisotopic (exact) mass is 866 g/mol. The number of rotatable bonds is 4. The summed E-state index contributed by atoms with van der Waals surface area (Å²) < 4.78 is 27.0. The van der Waals surface area contributed by atoms with Crippen LogP contribution in [0.4, 0.5) is 0 Å². The van der Waals surface area contributed by atoms with Gasteiger partial charge in [-0.1, -0.05) is 48.5 Å². The van der Waals surface area contributed by atoms with Gasteiger partial charge in [-0.25, -0.2) is 10.6 Å². The molecule has 4 atom stereocenters. The van der Waals surface area contributed by atoms with E-state index in [1.54, 1.807) is 4.90 Å². The van der Waals surface area contributed by atoms with Crippen molar-refractivity contribution in [3.63, 3.8) is 0 Å². The van der Waals surface area contributed by atoms with E-state index in [1.165, 1.54) is 12.0 Å². The molecule has 2 aromatic heterocycles. The van der Waals surface area contributed by atoms with Gasteiger partial charge in [0.05, 0.1) is 19.2 Å². The second kappa shape index (κ2) is 16.9. The van der Waals surface area contributed by atoms with E-state index in [9.17, 15) is 19.2 Å². The van der Waals surface area contributed by atoms with E-state index in [0.717, 1.165) is 60.5 Å². The molecule has 3 amide bonds. The maximum atomic E-state index is 13.0. The van der Waals surface area contributed by atoms with Gasteiger partial charge >= 0.3 is 5.97 Å². The predicted octanol–water partition coefficient (Wildman–Crippen LogP) is 2.60. The van der Waals surface area contributed by atoms with Crippen LogP contribution in [0.5, 0.6) is 23.0 Å². The van der Waals surface area contributed by atoms with E-state index < -0.39 is 30.1 Å². The van der Waals surface area contributed by atoms with Crippen molar-refractivity contribution in [1.29, 1.82) is 0 Å². The molecule has 0 bridgehead atoms. The number of methoxy groups -OCH3 is 1. The Balaban J connectivity index is 0.000000162. The number of carbonyl (C=O) groups is 4. The minimum Gasteiger partial charge on any atom is -0.467 e. The van der Waals surface area contributed by atoms with E-state index in [2.05, 4.69) is 21.7 Å². The number of nitrogens with zero attached hydrogens (tertiary/aromatic N) is 3. The van der Waals surface area contributed by atoms with Crippen LogP contribution in [0.25, 0.3) is 21.8 Å². The Morgan fingerprint density at radius 1 is 0.758 bits per heavy atom. The van der Waals surface area contributed by atoms with Crippen LogP contribution in [0.1, 0.15) is 45.7 Å². The Bertz CT molecular complexity index is 2720. The van der Waals surface area contributed by atoms with E-state index in [4.69, 9.17) is 41.1 Å². The molecule has 11 rings (SSSR count). The molecular formula is C43H43ClN8O10. The highest BCUT2D eigenvalue weighted by Gasteiger charge is 2.48. The quantitative estimate of drug-likeness (QED) is 0.0563. The van der Waals surface area contributed by atoms with Crippen LogP contribution in [0, 0.1) is 0 Å². The fourth-order valence-corrected chi connectivity index (χ4v) is 9.27. The lowest BCUT2D eigenvalue weighted by Gasteiger charge is -2.46. The van der Waals surface area contributed by atoms with Crippen LogP contribution in [0.2, 0.25) is 0 Å². The van der Waals surface area contributed by atoms with Gasteiger partial charge in [0.25, 0.3) is 5.91 Å². The average Bonchev–Trinajstić information content (AvgIpc) is 4.12. The number of ether oxygens (including phenoxy) is 5. The summed E-state index contributed by atoms with van der Waals surface area (Å²) in [6, 6.07) is 24.6. The van der Waals surface area contributed by atoms with Crippen molar-refractivity contribution in [3.05, 3.63) is 119 Å². The summed E-state index contributed by atoms with van der Waals surface area (Å²) >= 11 is 5.95. The lowest BCUT2D eigenvalue weighted by atomic mass is 9.86. The molecule has 322 valence electrons. The third-order valence-corrected chi connectivity index (χ3v) is 12.0. The van der Waals surface area contributed by atoms with Gasteiger partial charge in [0.2, 0.25) is 25.4 Å². The predicted molar refractivity (Wildman–Crippen MR) is 225 cm³/mol. The number of aromatic amines is 2. The highest BCUT2D eigenvalue weighted by Crippen LogP contribution is 2.46. The van der Waals surface area contributed by atoms with Crippen LogP contribution in [-0.2, 0) is 36.8 Å². The van der Waals surface area contributed by atoms with E-state index in [1.807, 2.05) is 84.9 Å². The van der Waals surface area contributed by atoms with Gasteiger partial charge in [-0.3, -0.25) is 31.1 Å². The first kappa shape index (κ1) is 41.9. The van der Waals surface area contributed by atoms with E-state index >= 15 is 0 Å². The highest BCUT2D eigenvalue weighted by molar-refractivity contribution is 6.27. The van der Waals surface area contributed by atoms with Crippen LogP contribution in [0.3, 0.4) is 0 Å².